The number of nitrogens with zero attached hydrogens (tertiary/aromatic N) is 1. The normalized spacial score (nSPS) is 9.50. The third kappa shape index (κ3) is 2.14. The highest BCUT2D eigenvalue weighted by Crippen LogP contribution is 2.17. The van der Waals surface area contributed by atoms with Gasteiger partial charge in [-0.25, -0.2) is 14.5 Å². The molecular formula is C8H8ClN3O2. The van der Waals surface area contributed by atoms with Gasteiger partial charge >= 0.3 is 12.1 Å². The Balaban J connectivity index is 3.06. The fraction of sp³-hybridized carbons (Fsp3) is 0. The fourth-order valence-corrected chi connectivity index (χ4v) is 1.08. The minimum absolute atomic E-state index is 0.286. The first kappa shape index (κ1) is 10.3. The van der Waals surface area contributed by atoms with E-state index in [1.165, 1.54) is 24.3 Å². The van der Waals surface area contributed by atoms with E-state index in [4.69, 9.17) is 23.1 Å². The van der Waals surface area contributed by atoms with E-state index in [0.29, 0.717) is 9.92 Å². The van der Waals surface area contributed by atoms with Crippen molar-refractivity contribution >= 4 is 29.4 Å². The number of nitrogens with two attached hydrogens (primary N) is 2. The zero-order chi connectivity index (χ0) is 10.7. The topological polar surface area (TPSA) is 89.4 Å². The molecule has 0 fully saturated rings. The van der Waals surface area contributed by atoms with Gasteiger partial charge in [0, 0.05) is 5.02 Å². The molecular weight excluding hydrogens is 206 g/mol. The predicted molar refractivity (Wildman–Crippen MR) is 53.1 cm³/mol. The van der Waals surface area contributed by atoms with E-state index in [-0.39, 0.29) is 5.69 Å². The van der Waals surface area contributed by atoms with Crippen molar-refractivity contribution in [2.75, 3.05) is 4.90 Å². The molecule has 0 unspecified atom stereocenters. The van der Waals surface area contributed by atoms with E-state index >= 15 is 0 Å². The van der Waals surface area contributed by atoms with Crippen LogP contribution in [-0.4, -0.2) is 12.1 Å². The monoisotopic (exact) mass is 213 g/mol. The zero-order valence-electron chi connectivity index (χ0n) is 7.11. The molecule has 0 saturated carbocycles. The first-order valence-corrected chi connectivity index (χ1v) is 4.04. The van der Waals surface area contributed by atoms with Crippen LogP contribution in [0.2, 0.25) is 5.02 Å². The molecule has 1 rings (SSSR count). The summed E-state index contributed by atoms with van der Waals surface area (Å²) < 4.78 is 0. The van der Waals surface area contributed by atoms with Crippen molar-refractivity contribution in [3.05, 3.63) is 29.3 Å². The minimum atomic E-state index is -0.931. The maximum Gasteiger partial charge on any atom is 0.327 e. The summed E-state index contributed by atoms with van der Waals surface area (Å²) in [4.78, 5) is 22.3. The molecule has 74 valence electrons. The van der Waals surface area contributed by atoms with E-state index in [0.717, 1.165) is 0 Å². The van der Waals surface area contributed by atoms with Crippen molar-refractivity contribution in [1.29, 1.82) is 0 Å². The fourth-order valence-electron chi connectivity index (χ4n) is 0.953. The molecule has 4 N–H and O–H groups in total. The van der Waals surface area contributed by atoms with Crippen LogP contribution in [-0.2, 0) is 0 Å². The van der Waals surface area contributed by atoms with Crippen LogP contribution in [0.4, 0.5) is 15.3 Å². The Bertz CT molecular complexity index is 349. The number of anilines is 1. The number of carbonyl (C=O) groups is 2. The van der Waals surface area contributed by atoms with Gasteiger partial charge < -0.3 is 11.5 Å². The minimum Gasteiger partial charge on any atom is -0.351 e. The highest BCUT2D eigenvalue weighted by Gasteiger charge is 2.17. The lowest BCUT2D eigenvalue weighted by Crippen LogP contribution is -2.44. The molecule has 14 heavy (non-hydrogen) atoms. The second-order valence-corrected chi connectivity index (χ2v) is 2.92. The zero-order valence-corrected chi connectivity index (χ0v) is 7.86. The second kappa shape index (κ2) is 3.97. The van der Waals surface area contributed by atoms with Crippen molar-refractivity contribution < 1.29 is 9.59 Å². The first-order valence-electron chi connectivity index (χ1n) is 3.67. The molecule has 1 aromatic carbocycles. The quantitative estimate of drug-likeness (QED) is 0.736. The molecule has 6 heteroatoms. The molecule has 0 aliphatic heterocycles. The SMILES string of the molecule is NC(=O)N(C(N)=O)c1ccc(Cl)cc1. The van der Waals surface area contributed by atoms with E-state index in [1.807, 2.05) is 0 Å². The predicted octanol–water partition coefficient (Wildman–Crippen LogP) is 1.30. The maximum absolute atomic E-state index is 10.8. The average Bonchev–Trinajstić information content (AvgIpc) is 2.07. The van der Waals surface area contributed by atoms with Crippen LogP contribution in [0.15, 0.2) is 24.3 Å². The first-order chi connectivity index (χ1) is 6.52. The van der Waals surface area contributed by atoms with Crippen molar-refractivity contribution in [2.45, 2.75) is 0 Å². The Morgan fingerprint density at radius 3 is 1.86 bits per heavy atom. The van der Waals surface area contributed by atoms with Gasteiger partial charge in [-0.15, -0.1) is 0 Å². The second-order valence-electron chi connectivity index (χ2n) is 2.49. The van der Waals surface area contributed by atoms with Crippen molar-refractivity contribution in [1.82, 2.24) is 0 Å². The van der Waals surface area contributed by atoms with Gasteiger partial charge in [0.1, 0.15) is 0 Å². The number of carbonyl (C=O) groups excluding carboxylic acids is 2. The number of benzene rings is 1. The molecule has 0 saturated heterocycles. The summed E-state index contributed by atoms with van der Waals surface area (Å²) in [7, 11) is 0. The van der Waals surface area contributed by atoms with Crippen LogP contribution in [0.3, 0.4) is 0 Å². The van der Waals surface area contributed by atoms with Crippen molar-refractivity contribution in [3.8, 4) is 0 Å². The summed E-state index contributed by atoms with van der Waals surface area (Å²) in [5.41, 5.74) is 10.2. The Morgan fingerprint density at radius 1 is 1.07 bits per heavy atom. The number of rotatable bonds is 1. The highest BCUT2D eigenvalue weighted by molar-refractivity contribution is 6.30. The van der Waals surface area contributed by atoms with Gasteiger partial charge in [-0.2, -0.15) is 0 Å². The lowest BCUT2D eigenvalue weighted by Gasteiger charge is -2.15. The Kier molecular flexibility index (Phi) is 2.93. The molecule has 0 radical (unpaired) electrons. The van der Waals surface area contributed by atoms with Crippen LogP contribution in [0.1, 0.15) is 0 Å². The van der Waals surface area contributed by atoms with Gasteiger partial charge in [-0.1, -0.05) is 11.6 Å². The largest absolute Gasteiger partial charge is 0.351 e. The molecule has 0 aromatic heterocycles. The number of urea groups is 2. The van der Waals surface area contributed by atoms with Gasteiger partial charge in [0.15, 0.2) is 0 Å². The molecule has 0 atom stereocenters. The Morgan fingerprint density at radius 2 is 1.50 bits per heavy atom. The number of amides is 4. The molecule has 0 bridgehead atoms. The summed E-state index contributed by atoms with van der Waals surface area (Å²) in [5, 5.41) is 0.489. The third-order valence-corrected chi connectivity index (χ3v) is 1.78. The van der Waals surface area contributed by atoms with Crippen LogP contribution in [0, 0.1) is 0 Å². The summed E-state index contributed by atoms with van der Waals surface area (Å²) in [5.74, 6) is 0. The van der Waals surface area contributed by atoms with Crippen molar-refractivity contribution in [2.24, 2.45) is 11.5 Å². The van der Waals surface area contributed by atoms with Crippen LogP contribution < -0.4 is 16.4 Å². The van der Waals surface area contributed by atoms with E-state index in [1.54, 1.807) is 0 Å². The standard InChI is InChI=1S/C8H8ClN3O2/c9-5-1-3-6(4-2-5)12(7(10)13)8(11)14/h1-4H,(H2,10,13)(H2,11,14). The average molecular weight is 214 g/mol. The number of hydrogen-bond donors (Lipinski definition) is 2. The summed E-state index contributed by atoms with van der Waals surface area (Å²) in [6.45, 7) is 0. The molecule has 0 spiro atoms. The number of imide groups is 1. The Labute approximate surface area is 85.2 Å². The van der Waals surface area contributed by atoms with Crippen LogP contribution in [0.25, 0.3) is 0 Å². The Hall–Kier alpha value is -1.75. The van der Waals surface area contributed by atoms with Gasteiger partial charge in [-0.3, -0.25) is 0 Å². The number of hydrogen-bond acceptors (Lipinski definition) is 2. The molecule has 4 amide bonds. The molecule has 0 aliphatic carbocycles. The van der Waals surface area contributed by atoms with E-state index in [9.17, 15) is 9.59 Å². The van der Waals surface area contributed by atoms with E-state index < -0.39 is 12.1 Å². The van der Waals surface area contributed by atoms with Gasteiger partial charge in [-0.05, 0) is 24.3 Å². The molecule has 0 heterocycles. The van der Waals surface area contributed by atoms with Crippen LogP contribution >= 0.6 is 11.6 Å². The lowest BCUT2D eigenvalue weighted by molar-refractivity contribution is 0.243. The van der Waals surface area contributed by atoms with E-state index in [2.05, 4.69) is 0 Å². The van der Waals surface area contributed by atoms with Crippen LogP contribution in [0.5, 0.6) is 0 Å². The smallest absolute Gasteiger partial charge is 0.327 e. The molecule has 0 aliphatic rings. The van der Waals surface area contributed by atoms with Gasteiger partial charge in [0.2, 0.25) is 0 Å². The molecule has 1 aromatic rings. The van der Waals surface area contributed by atoms with Gasteiger partial charge in [0.05, 0.1) is 5.69 Å². The highest BCUT2D eigenvalue weighted by atomic mass is 35.5. The molecule has 5 nitrogen and oxygen atoms in total. The van der Waals surface area contributed by atoms with Gasteiger partial charge in [0.25, 0.3) is 0 Å². The summed E-state index contributed by atoms with van der Waals surface area (Å²) in [6, 6.07) is 4.13. The number of halogens is 1. The lowest BCUT2D eigenvalue weighted by atomic mass is 10.3. The maximum atomic E-state index is 10.8. The third-order valence-electron chi connectivity index (χ3n) is 1.53. The van der Waals surface area contributed by atoms with Crippen molar-refractivity contribution in [3.63, 3.8) is 0 Å². The summed E-state index contributed by atoms with van der Waals surface area (Å²) >= 11 is 5.62. The number of primary amides is 2. The summed E-state index contributed by atoms with van der Waals surface area (Å²) in [6.07, 6.45) is 0.